The first kappa shape index (κ1) is 29.8. The first-order chi connectivity index (χ1) is 19.4. The van der Waals surface area contributed by atoms with E-state index in [-0.39, 0.29) is 5.54 Å². The highest BCUT2D eigenvalue weighted by Gasteiger charge is 2.31. The van der Waals surface area contributed by atoms with Crippen molar-refractivity contribution in [1.29, 1.82) is 0 Å². The molecule has 0 atom stereocenters. The van der Waals surface area contributed by atoms with Gasteiger partial charge in [-0.15, -0.1) is 0 Å². The van der Waals surface area contributed by atoms with Crippen LogP contribution in [0.2, 0.25) is 0 Å². The molecule has 3 N–H and O–H groups in total. The first-order valence-corrected chi connectivity index (χ1v) is 13.5. The zero-order chi connectivity index (χ0) is 29.8. The third-order valence-electron chi connectivity index (χ3n) is 6.80. The Morgan fingerprint density at radius 3 is 2.54 bits per heavy atom. The molecule has 0 radical (unpaired) electrons. The summed E-state index contributed by atoms with van der Waals surface area (Å²) in [5.74, 6) is 0.309. The normalized spacial score (nSPS) is 15.1. The number of hydrogen-bond acceptors (Lipinski definition) is 5. The minimum absolute atomic E-state index is 0.0289. The van der Waals surface area contributed by atoms with Crippen LogP contribution < -0.4 is 16.0 Å². The van der Waals surface area contributed by atoms with Crippen molar-refractivity contribution in [3.05, 3.63) is 85.1 Å². The number of fused-ring (bicyclic) bond motifs is 1. The molecule has 218 valence electrons. The number of benzene rings is 1. The Morgan fingerprint density at radius 2 is 1.95 bits per heavy atom. The van der Waals surface area contributed by atoms with Crippen LogP contribution in [0.5, 0.6) is 0 Å². The maximum atomic E-state index is 13.4. The summed E-state index contributed by atoms with van der Waals surface area (Å²) < 4.78 is 43.5. The van der Waals surface area contributed by atoms with Gasteiger partial charge in [-0.25, -0.2) is 4.99 Å². The highest BCUT2D eigenvalue weighted by molar-refractivity contribution is 6.14. The Bertz CT molecular complexity index is 1510. The molecule has 4 heterocycles. The highest BCUT2D eigenvalue weighted by atomic mass is 19.4. The van der Waals surface area contributed by atoms with Crippen molar-refractivity contribution in [2.45, 2.75) is 51.9 Å². The zero-order valence-electron chi connectivity index (χ0n) is 24.1. The van der Waals surface area contributed by atoms with Crippen molar-refractivity contribution in [3.8, 4) is 0 Å². The number of nitrogens with one attached hydrogen (secondary N) is 3. The van der Waals surface area contributed by atoms with E-state index < -0.39 is 12.7 Å². The molecule has 0 spiro atoms. The molecule has 0 amide bonds. The second-order valence-electron chi connectivity index (χ2n) is 11.0. The van der Waals surface area contributed by atoms with E-state index in [2.05, 4.69) is 70.5 Å². The van der Waals surface area contributed by atoms with Crippen molar-refractivity contribution in [1.82, 2.24) is 19.8 Å². The number of aliphatic imine (C=N–C) groups is 2. The molecule has 2 aromatic heterocycles. The molecule has 5 rings (SSSR count). The molecular formula is C31H38F3N7. The number of nitrogens with zero attached hydrogens (tertiary/aromatic N) is 4. The average molecular weight is 566 g/mol. The highest BCUT2D eigenvalue weighted by Crippen LogP contribution is 2.31. The van der Waals surface area contributed by atoms with Gasteiger partial charge >= 0.3 is 6.18 Å². The number of halogens is 3. The summed E-state index contributed by atoms with van der Waals surface area (Å²) in [5.41, 5.74) is 5.16. The summed E-state index contributed by atoms with van der Waals surface area (Å²) in [5, 5.41) is 10.0. The number of aromatic nitrogens is 2. The third-order valence-corrected chi connectivity index (χ3v) is 6.80. The Hall–Kier alpha value is -4.21. The van der Waals surface area contributed by atoms with Crippen LogP contribution in [0.15, 0.2) is 83.8 Å². The second-order valence-corrected chi connectivity index (χ2v) is 11.0. The van der Waals surface area contributed by atoms with Crippen molar-refractivity contribution < 1.29 is 13.2 Å². The lowest BCUT2D eigenvalue weighted by atomic mass is 10.1. The largest absolute Gasteiger partial charge is 0.406 e. The summed E-state index contributed by atoms with van der Waals surface area (Å²) in [7, 11) is 1.74. The van der Waals surface area contributed by atoms with Crippen LogP contribution in [0, 0.1) is 0 Å². The molecule has 10 heteroatoms. The Balaban J connectivity index is 0.000000483. The van der Waals surface area contributed by atoms with Crippen molar-refractivity contribution in [3.63, 3.8) is 0 Å². The standard InChI is InChI=1S/C25H29F3N6.C6H9N/c1-16(17-9-10-33(14-17)24(2,3)4)30-12-18-13-31-23(32-18)22-11-19-20(29-5)7-6-8-21(19)34(22)15-25(26,27)28;1-6-4-2-3-5-7-6/h6-11,14,29-30H,1,12-13,15H2,2-5H3;3,5,7H,1-2,4H2. The molecule has 0 bridgehead atoms. The minimum Gasteiger partial charge on any atom is -0.388 e. The number of anilines is 1. The Morgan fingerprint density at radius 1 is 1.17 bits per heavy atom. The molecule has 0 fully saturated rings. The predicted molar refractivity (Wildman–Crippen MR) is 163 cm³/mol. The van der Waals surface area contributed by atoms with Gasteiger partial charge in [0, 0.05) is 53.0 Å². The second kappa shape index (κ2) is 12.1. The van der Waals surface area contributed by atoms with E-state index in [0.717, 1.165) is 41.2 Å². The number of allylic oxidation sites excluding steroid dienone is 2. The van der Waals surface area contributed by atoms with Crippen LogP contribution in [-0.2, 0) is 12.1 Å². The van der Waals surface area contributed by atoms with Gasteiger partial charge in [-0.3, -0.25) is 4.99 Å². The van der Waals surface area contributed by atoms with Gasteiger partial charge in [0.15, 0.2) is 5.84 Å². The zero-order valence-corrected chi connectivity index (χ0v) is 24.1. The van der Waals surface area contributed by atoms with Crippen molar-refractivity contribution >= 4 is 33.8 Å². The van der Waals surface area contributed by atoms with E-state index in [0.29, 0.717) is 35.5 Å². The number of rotatable bonds is 7. The van der Waals surface area contributed by atoms with Gasteiger partial charge in [-0.1, -0.05) is 25.3 Å². The molecule has 7 nitrogen and oxygen atoms in total. The number of alkyl halides is 3. The minimum atomic E-state index is -4.37. The van der Waals surface area contributed by atoms with E-state index in [1.54, 1.807) is 25.2 Å². The summed E-state index contributed by atoms with van der Waals surface area (Å²) in [4.78, 5) is 9.01. The van der Waals surface area contributed by atoms with Gasteiger partial charge in [0.05, 0.1) is 30.0 Å². The maximum Gasteiger partial charge on any atom is 0.406 e. The van der Waals surface area contributed by atoms with Gasteiger partial charge in [-0.05, 0) is 64.1 Å². The molecule has 0 saturated heterocycles. The van der Waals surface area contributed by atoms with E-state index in [9.17, 15) is 13.2 Å². The molecule has 0 saturated carbocycles. The monoisotopic (exact) mass is 565 g/mol. The van der Waals surface area contributed by atoms with Crippen LogP contribution in [0.1, 0.15) is 44.9 Å². The predicted octanol–water partition coefficient (Wildman–Crippen LogP) is 6.66. The van der Waals surface area contributed by atoms with Gasteiger partial charge in [0.1, 0.15) is 6.54 Å². The van der Waals surface area contributed by atoms with Gasteiger partial charge in [0.25, 0.3) is 0 Å². The molecule has 2 aliphatic rings. The van der Waals surface area contributed by atoms with E-state index in [1.807, 2.05) is 30.7 Å². The van der Waals surface area contributed by atoms with Crippen LogP contribution in [-0.4, -0.2) is 47.0 Å². The summed E-state index contributed by atoms with van der Waals surface area (Å²) in [6, 6.07) is 8.96. The average Bonchev–Trinajstić information content (AvgIpc) is 3.66. The Labute approximate surface area is 239 Å². The van der Waals surface area contributed by atoms with Gasteiger partial charge in [-0.2, -0.15) is 13.2 Å². The molecule has 3 aromatic rings. The van der Waals surface area contributed by atoms with Crippen molar-refractivity contribution in [2.24, 2.45) is 9.98 Å². The van der Waals surface area contributed by atoms with Crippen LogP contribution in [0.25, 0.3) is 16.6 Å². The molecule has 0 aliphatic carbocycles. The lowest BCUT2D eigenvalue weighted by Crippen LogP contribution is -2.23. The fraction of sp³-hybridized carbons (Fsp3) is 0.355. The van der Waals surface area contributed by atoms with Crippen LogP contribution in [0.4, 0.5) is 18.9 Å². The maximum absolute atomic E-state index is 13.4. The quantitative estimate of drug-likeness (QED) is 0.300. The van der Waals surface area contributed by atoms with E-state index in [1.165, 1.54) is 4.57 Å². The van der Waals surface area contributed by atoms with Crippen LogP contribution >= 0.6 is 0 Å². The SMILES string of the molecule is C=C(NCC1=NC(c2cc3c(NC)cccc3n2CC(F)(F)F)=NC1)c1ccn(C(C)(C)C)c1.C=C1CCC=CN1. The smallest absolute Gasteiger partial charge is 0.388 e. The number of amidine groups is 1. The molecule has 1 aromatic carbocycles. The first-order valence-electron chi connectivity index (χ1n) is 13.5. The van der Waals surface area contributed by atoms with Crippen LogP contribution in [0.3, 0.4) is 0 Å². The molecular weight excluding hydrogens is 527 g/mol. The third kappa shape index (κ3) is 7.50. The lowest BCUT2D eigenvalue weighted by Gasteiger charge is -2.21. The molecule has 41 heavy (non-hydrogen) atoms. The fourth-order valence-corrected chi connectivity index (χ4v) is 4.55. The topological polar surface area (TPSA) is 70.7 Å². The summed E-state index contributed by atoms with van der Waals surface area (Å²) in [6.45, 7) is 13.9. The van der Waals surface area contributed by atoms with E-state index in [4.69, 9.17) is 0 Å². The van der Waals surface area contributed by atoms with Crippen molar-refractivity contribution in [2.75, 3.05) is 25.5 Å². The van der Waals surface area contributed by atoms with Gasteiger partial charge in [0.2, 0.25) is 0 Å². The number of hydrogen-bond donors (Lipinski definition) is 3. The molecule has 2 aliphatic heterocycles. The lowest BCUT2D eigenvalue weighted by molar-refractivity contribution is -0.139. The van der Waals surface area contributed by atoms with Gasteiger partial charge < -0.3 is 25.1 Å². The molecule has 0 unspecified atom stereocenters. The summed E-state index contributed by atoms with van der Waals surface area (Å²) in [6.07, 6.45) is 5.95. The fourth-order valence-electron chi connectivity index (χ4n) is 4.55. The Kier molecular flexibility index (Phi) is 8.80. The van der Waals surface area contributed by atoms with E-state index >= 15 is 0 Å². The summed E-state index contributed by atoms with van der Waals surface area (Å²) >= 11 is 0.